The van der Waals surface area contributed by atoms with E-state index >= 15 is 0 Å². The van der Waals surface area contributed by atoms with E-state index in [4.69, 9.17) is 67.7 Å². The fourth-order valence-electron chi connectivity index (χ4n) is 10.2. The maximum Gasteiger partial charge on any atom is 0.508 e. The number of hydrogen-bond acceptors (Lipinski definition) is 19. The predicted octanol–water partition coefficient (Wildman–Crippen LogP) is 12.1. The van der Waals surface area contributed by atoms with Crippen LogP contribution in [0, 0.1) is 22.2 Å². The average molecular weight is 1400 g/mol. The molecular formula is C70H82F6N3O20+. The Hall–Kier alpha value is -9.98. The first-order chi connectivity index (χ1) is 46.5. The van der Waals surface area contributed by atoms with Crippen LogP contribution in [0.3, 0.4) is 0 Å². The highest BCUT2D eigenvalue weighted by molar-refractivity contribution is 6.05. The van der Waals surface area contributed by atoms with Gasteiger partial charge in [-0.05, 0) is 176 Å². The van der Waals surface area contributed by atoms with Crippen molar-refractivity contribution in [3.05, 3.63) is 117 Å². The van der Waals surface area contributed by atoms with E-state index in [0.717, 1.165) is 51.4 Å². The van der Waals surface area contributed by atoms with Crippen molar-refractivity contribution in [3.63, 3.8) is 0 Å². The summed E-state index contributed by atoms with van der Waals surface area (Å²) in [4.78, 5) is 102. The van der Waals surface area contributed by atoms with Crippen molar-refractivity contribution in [1.29, 1.82) is 5.26 Å². The lowest BCUT2D eigenvalue weighted by molar-refractivity contribution is -0.422. The largest absolute Gasteiger partial charge is 0.508 e. The van der Waals surface area contributed by atoms with Gasteiger partial charge in [0.25, 0.3) is 0 Å². The third kappa shape index (κ3) is 25.8. The molecule has 0 bridgehead atoms. The lowest BCUT2D eigenvalue weighted by Gasteiger charge is -2.26. The molecule has 6 N–H and O–H groups in total. The number of allylic oxidation sites excluding steroid dienone is 6. The minimum Gasteiger partial charge on any atom is -0.475 e. The summed E-state index contributed by atoms with van der Waals surface area (Å²) in [6, 6.07) is 19.5. The van der Waals surface area contributed by atoms with Crippen LogP contribution < -0.4 is 11.1 Å². The van der Waals surface area contributed by atoms with Crippen LogP contribution in [-0.2, 0) is 97.1 Å². The SMILES string of the molecule is CC#N.CC(=O)OCC(C)(COC(=O)OCCCCc1ccc2c3c4c(ccc13)C=CCC4=CC2)C(=O)OCCNC(=O)OC(C)(C)C.CC(=O)OCC(C)(COC(=O)OCCCCc1ccc2c3c4c(ccc13)C=CCC4=CC2)C(=O)OC[NH3+].O=C(O)C(F)(F)F.O=C(O)C(F)(F)F. The normalized spacial score (nSPS) is 13.9. The molecule has 0 radical (unpaired) electrons. The molecule has 29 heteroatoms. The van der Waals surface area contributed by atoms with Crippen LogP contribution in [0.2, 0.25) is 0 Å². The number of unbranched alkanes of at least 4 members (excludes halogenated alkanes) is 2. The number of nitriles is 1. The molecule has 0 fully saturated rings. The summed E-state index contributed by atoms with van der Waals surface area (Å²) in [7, 11) is 0. The number of nitrogens with one attached hydrogen (secondary N) is 1. The molecule has 4 aliphatic carbocycles. The summed E-state index contributed by atoms with van der Waals surface area (Å²) in [6.07, 6.45) is 9.52. The molecule has 4 aromatic rings. The molecule has 0 aliphatic heterocycles. The van der Waals surface area contributed by atoms with Crippen molar-refractivity contribution in [2.24, 2.45) is 10.8 Å². The van der Waals surface area contributed by atoms with E-state index in [0.29, 0.717) is 12.8 Å². The number of quaternary nitrogens is 1. The Morgan fingerprint density at radius 1 is 0.535 bits per heavy atom. The highest BCUT2D eigenvalue weighted by atomic mass is 19.4. The number of halogens is 6. The fourth-order valence-corrected chi connectivity index (χ4v) is 10.2. The van der Waals surface area contributed by atoms with Gasteiger partial charge in [0.1, 0.15) is 49.5 Å². The summed E-state index contributed by atoms with van der Waals surface area (Å²) < 4.78 is 110. The van der Waals surface area contributed by atoms with Crippen molar-refractivity contribution in [2.45, 2.75) is 138 Å². The standard InChI is InChI=1S/C35H43NO9.C29H33NO7.2C2HF3O2.C2H3N/c1-23(37)43-21-35(5,31(38)41-20-18-36-32(39)45-34(2,3)4)22-44-33(40)42-19-7-6-9-24-12-13-27-15-14-25-10-8-11-26-16-17-28(24)30(27)29(25)26;1-19(31)35-16-29(2,27(32)37-18-30)17-36-28(33)34-15-4-3-6-20-9-10-23-12-11-21-7-5-8-22-13-14-24(20)26(23)25(21)22;2*3-2(4,5)1(6)7;1-2-3/h8,11-14,16-17H,6-7,9-10,15,18-22H2,1-5H3,(H,36,39);5,8-11,13-14H,3-4,6-7,12,15-18,30H2,1-2H3;2*(H,6,7);1H3/p+1. The van der Waals surface area contributed by atoms with Gasteiger partial charge < -0.3 is 63.9 Å². The lowest BCUT2D eigenvalue weighted by atomic mass is 9.80. The molecule has 0 saturated carbocycles. The Kier molecular flexibility index (Phi) is 31.0. The highest BCUT2D eigenvalue weighted by Gasteiger charge is 2.41. The third-order valence-electron chi connectivity index (χ3n) is 14.9. The number of ether oxygens (including phenoxy) is 9. The zero-order valence-electron chi connectivity index (χ0n) is 56.2. The average Bonchev–Trinajstić information content (AvgIpc) is 0.750. The van der Waals surface area contributed by atoms with Crippen LogP contribution in [0.4, 0.5) is 40.7 Å². The number of alkyl carbamates (subject to hydrolysis) is 1. The number of alkyl halides is 6. The van der Waals surface area contributed by atoms with E-state index in [2.05, 4.69) is 96.0 Å². The van der Waals surface area contributed by atoms with Crippen molar-refractivity contribution in [3.8, 4) is 6.07 Å². The second-order valence-electron chi connectivity index (χ2n) is 24.2. The number of carboxylic acids is 2. The number of hydrogen-bond donors (Lipinski definition) is 4. The minimum atomic E-state index is -5.08. The Balaban J connectivity index is 0.000000344. The molecule has 2 atom stereocenters. The smallest absolute Gasteiger partial charge is 0.475 e. The van der Waals surface area contributed by atoms with E-state index in [1.807, 2.05) is 0 Å². The monoisotopic (exact) mass is 1400 g/mol. The van der Waals surface area contributed by atoms with Crippen LogP contribution >= 0.6 is 0 Å². The number of carbonyl (C=O) groups is 9. The quantitative estimate of drug-likeness (QED) is 0.0166. The molecule has 2 unspecified atom stereocenters. The van der Waals surface area contributed by atoms with Crippen LogP contribution in [0.25, 0.3) is 44.8 Å². The Morgan fingerprint density at radius 3 is 1.28 bits per heavy atom. The molecule has 4 aliphatic rings. The van der Waals surface area contributed by atoms with E-state index in [1.54, 1.807) is 26.8 Å². The van der Waals surface area contributed by atoms with Gasteiger partial charge >= 0.3 is 66.6 Å². The van der Waals surface area contributed by atoms with E-state index in [9.17, 15) is 59.9 Å². The van der Waals surface area contributed by atoms with Gasteiger partial charge in [-0.25, -0.2) is 24.0 Å². The molecular weight excluding hydrogens is 1320 g/mol. The molecule has 0 spiro atoms. The van der Waals surface area contributed by atoms with Crippen molar-refractivity contribution < 1.29 is 128 Å². The summed E-state index contributed by atoms with van der Waals surface area (Å²) >= 11 is 0. The van der Waals surface area contributed by atoms with Crippen molar-refractivity contribution >= 4 is 99.1 Å². The second-order valence-corrected chi connectivity index (χ2v) is 24.2. The summed E-state index contributed by atoms with van der Waals surface area (Å²) in [5.74, 6) is -8.10. The van der Waals surface area contributed by atoms with Crippen molar-refractivity contribution in [1.82, 2.24) is 5.32 Å². The highest BCUT2D eigenvalue weighted by Crippen LogP contribution is 2.43. The van der Waals surface area contributed by atoms with Gasteiger partial charge in [0.2, 0.25) is 6.73 Å². The van der Waals surface area contributed by atoms with Crippen LogP contribution in [0.15, 0.2) is 72.8 Å². The van der Waals surface area contributed by atoms with Crippen molar-refractivity contribution in [2.75, 3.05) is 59.5 Å². The first-order valence-corrected chi connectivity index (χ1v) is 31.2. The number of aliphatic carboxylic acids is 2. The number of carbonyl (C=O) groups excluding carboxylic acids is 7. The van der Waals surface area contributed by atoms with Gasteiger partial charge in [0, 0.05) is 20.8 Å². The van der Waals surface area contributed by atoms with Gasteiger partial charge in [0.15, 0.2) is 0 Å². The number of carboxylic acid groups (broad SMARTS) is 2. The number of esters is 4. The first-order valence-electron chi connectivity index (χ1n) is 31.2. The van der Waals surface area contributed by atoms with Gasteiger partial charge in [-0.2, -0.15) is 31.6 Å². The van der Waals surface area contributed by atoms with Gasteiger partial charge in [-0.1, -0.05) is 85.0 Å². The summed E-state index contributed by atoms with van der Waals surface area (Å²) in [5.41, 5.74) is 13.4. The van der Waals surface area contributed by atoms with E-state index in [-0.39, 0.29) is 52.9 Å². The van der Waals surface area contributed by atoms with Crippen LogP contribution in [0.1, 0.15) is 138 Å². The molecule has 0 saturated heterocycles. The molecule has 4 aromatic carbocycles. The predicted molar refractivity (Wildman–Crippen MR) is 346 cm³/mol. The van der Waals surface area contributed by atoms with E-state index < -0.39 is 89.6 Å². The topological polar surface area (TPSA) is 341 Å². The third-order valence-corrected chi connectivity index (χ3v) is 14.9. The Labute approximate surface area is 567 Å². The molecule has 23 nitrogen and oxygen atoms in total. The molecule has 99 heavy (non-hydrogen) atoms. The lowest BCUT2D eigenvalue weighted by Crippen LogP contribution is -2.54. The molecule has 0 heterocycles. The maximum atomic E-state index is 12.8. The molecule has 1 amide bonds. The minimum absolute atomic E-state index is 0.00473. The van der Waals surface area contributed by atoms with Crippen LogP contribution in [0.5, 0.6) is 0 Å². The Bertz CT molecular complexity index is 3730. The molecule has 8 rings (SSSR count). The number of nitrogens with zero attached hydrogens (tertiary/aromatic N) is 1. The second kappa shape index (κ2) is 37.7. The first kappa shape index (κ1) is 81.4. The zero-order valence-corrected chi connectivity index (χ0v) is 56.2. The summed E-state index contributed by atoms with van der Waals surface area (Å²) in [5, 5.41) is 29.4. The number of aryl methyl sites for hydroxylation is 2. The van der Waals surface area contributed by atoms with Gasteiger partial charge in [-0.3, -0.25) is 19.2 Å². The Morgan fingerprint density at radius 2 is 0.919 bits per heavy atom. The zero-order chi connectivity index (χ0) is 73.9. The van der Waals surface area contributed by atoms with E-state index in [1.165, 1.54) is 112 Å². The van der Waals surface area contributed by atoms with Crippen LogP contribution in [-0.4, -0.2) is 142 Å². The maximum absolute atomic E-state index is 12.8. The molecule has 0 aromatic heterocycles. The fraction of sp³-hybridized carbons (Fsp3) is 0.457. The number of amides is 1. The van der Waals surface area contributed by atoms with Gasteiger partial charge in [0.05, 0.1) is 25.8 Å². The van der Waals surface area contributed by atoms with Gasteiger partial charge in [-0.15, -0.1) is 0 Å². The number of benzene rings is 4. The number of rotatable bonds is 24. The molecule has 538 valence electrons. The summed E-state index contributed by atoms with van der Waals surface area (Å²) in [6.45, 7) is 10.7.